The van der Waals surface area contributed by atoms with E-state index < -0.39 is 0 Å². The van der Waals surface area contributed by atoms with Crippen molar-refractivity contribution in [1.82, 2.24) is 0 Å². The van der Waals surface area contributed by atoms with Crippen LogP contribution in [-0.4, -0.2) is 5.75 Å². The molecule has 0 amide bonds. The van der Waals surface area contributed by atoms with Crippen LogP contribution >= 0.6 is 11.8 Å². The van der Waals surface area contributed by atoms with E-state index in [-0.39, 0.29) is 0 Å². The van der Waals surface area contributed by atoms with Crippen LogP contribution in [0.4, 0.5) is 0 Å². The third kappa shape index (κ3) is 14.1. The first kappa shape index (κ1) is 15.1. The monoisotopic (exact) mass is 228 g/mol. The highest BCUT2D eigenvalue weighted by molar-refractivity contribution is 8.02. The minimum absolute atomic E-state index is 1.26. The standard InChI is InChI=1S/C14H28S/c1-3-5-6-7-8-9-10-11-12-13-14-15-4-2/h4H,2-3,5-14H2,1H3. The summed E-state index contributed by atoms with van der Waals surface area (Å²) in [4.78, 5) is 0. The van der Waals surface area contributed by atoms with Gasteiger partial charge in [-0.15, -0.1) is 11.8 Å². The van der Waals surface area contributed by atoms with Gasteiger partial charge in [0.05, 0.1) is 0 Å². The van der Waals surface area contributed by atoms with Gasteiger partial charge in [0.25, 0.3) is 0 Å². The first-order chi connectivity index (χ1) is 7.41. The second-order valence-corrected chi connectivity index (χ2v) is 5.29. The molecular weight excluding hydrogens is 200 g/mol. The summed E-state index contributed by atoms with van der Waals surface area (Å²) in [7, 11) is 0. The van der Waals surface area contributed by atoms with Crippen molar-refractivity contribution in [2.45, 2.75) is 71.1 Å². The van der Waals surface area contributed by atoms with Gasteiger partial charge in [-0.25, -0.2) is 0 Å². The molecular formula is C14H28S. The predicted molar refractivity (Wildman–Crippen MR) is 74.5 cm³/mol. The van der Waals surface area contributed by atoms with Gasteiger partial charge in [-0.3, -0.25) is 0 Å². The van der Waals surface area contributed by atoms with E-state index in [1.165, 1.54) is 70.0 Å². The Morgan fingerprint density at radius 3 is 1.73 bits per heavy atom. The predicted octanol–water partition coefficient (Wildman–Crippen LogP) is 5.78. The molecule has 0 radical (unpaired) electrons. The minimum Gasteiger partial charge on any atom is -0.135 e. The highest BCUT2D eigenvalue weighted by Crippen LogP contribution is 2.12. The van der Waals surface area contributed by atoms with E-state index in [1.807, 2.05) is 17.2 Å². The summed E-state index contributed by atoms with van der Waals surface area (Å²) in [6, 6.07) is 0. The van der Waals surface area contributed by atoms with Crippen molar-refractivity contribution < 1.29 is 0 Å². The van der Waals surface area contributed by atoms with Crippen LogP contribution in [0.1, 0.15) is 71.1 Å². The van der Waals surface area contributed by atoms with Gasteiger partial charge in [0.2, 0.25) is 0 Å². The van der Waals surface area contributed by atoms with Gasteiger partial charge in [-0.1, -0.05) is 71.3 Å². The maximum atomic E-state index is 3.71. The van der Waals surface area contributed by atoms with E-state index in [4.69, 9.17) is 0 Å². The maximum Gasteiger partial charge on any atom is -0.00262 e. The fourth-order valence-corrected chi connectivity index (χ4v) is 2.29. The Labute approximate surface area is 101 Å². The largest absolute Gasteiger partial charge is 0.135 e. The number of thioether (sulfide) groups is 1. The van der Waals surface area contributed by atoms with E-state index >= 15 is 0 Å². The van der Waals surface area contributed by atoms with Crippen LogP contribution in [0.25, 0.3) is 0 Å². The Kier molecular flexibility index (Phi) is 14.2. The molecule has 90 valence electrons. The topological polar surface area (TPSA) is 0 Å². The molecule has 0 aliphatic heterocycles. The van der Waals surface area contributed by atoms with E-state index in [0.717, 1.165) is 0 Å². The summed E-state index contributed by atoms with van der Waals surface area (Å²) in [5.41, 5.74) is 0. The summed E-state index contributed by atoms with van der Waals surface area (Å²) in [6.07, 6.45) is 14.3. The first-order valence-corrected chi connectivity index (χ1v) is 7.69. The van der Waals surface area contributed by atoms with Crippen LogP contribution < -0.4 is 0 Å². The molecule has 15 heavy (non-hydrogen) atoms. The Hall–Kier alpha value is 0.0900. The van der Waals surface area contributed by atoms with Crippen LogP contribution in [-0.2, 0) is 0 Å². The maximum absolute atomic E-state index is 3.71. The average Bonchev–Trinajstić information content (AvgIpc) is 2.26. The molecule has 0 rings (SSSR count). The van der Waals surface area contributed by atoms with Crippen molar-refractivity contribution in [3.8, 4) is 0 Å². The molecule has 0 atom stereocenters. The zero-order valence-corrected chi connectivity index (χ0v) is 11.3. The molecule has 1 heteroatoms. The van der Waals surface area contributed by atoms with Gasteiger partial charge in [0.1, 0.15) is 0 Å². The SMILES string of the molecule is C=CSCCCCCCCCCCCC. The number of hydrogen-bond acceptors (Lipinski definition) is 1. The molecule has 0 aliphatic rings. The average molecular weight is 228 g/mol. The van der Waals surface area contributed by atoms with Gasteiger partial charge in [0.15, 0.2) is 0 Å². The summed E-state index contributed by atoms with van der Waals surface area (Å²) in [5, 5.41) is 1.95. The molecule has 0 aromatic rings. The zero-order chi connectivity index (χ0) is 11.2. The van der Waals surface area contributed by atoms with E-state index in [2.05, 4.69) is 13.5 Å². The molecule has 0 aromatic carbocycles. The van der Waals surface area contributed by atoms with Gasteiger partial charge in [0, 0.05) is 0 Å². The van der Waals surface area contributed by atoms with Gasteiger partial charge in [-0.05, 0) is 17.6 Å². The molecule has 0 heterocycles. The van der Waals surface area contributed by atoms with Crippen molar-refractivity contribution in [2.75, 3.05) is 5.75 Å². The van der Waals surface area contributed by atoms with E-state index in [1.54, 1.807) is 0 Å². The highest BCUT2D eigenvalue weighted by atomic mass is 32.2. The number of unbranched alkanes of at least 4 members (excludes halogenated alkanes) is 9. The second-order valence-electron chi connectivity index (χ2n) is 4.22. The van der Waals surface area contributed by atoms with Crippen molar-refractivity contribution in [3.63, 3.8) is 0 Å². The molecule has 0 nitrogen and oxygen atoms in total. The van der Waals surface area contributed by atoms with Crippen LogP contribution in [0, 0.1) is 0 Å². The van der Waals surface area contributed by atoms with E-state index in [9.17, 15) is 0 Å². The zero-order valence-electron chi connectivity index (χ0n) is 10.5. The van der Waals surface area contributed by atoms with Crippen LogP contribution in [0.5, 0.6) is 0 Å². The molecule has 0 fully saturated rings. The van der Waals surface area contributed by atoms with Crippen LogP contribution in [0.15, 0.2) is 12.0 Å². The quantitative estimate of drug-likeness (QED) is 0.381. The first-order valence-electron chi connectivity index (χ1n) is 6.64. The van der Waals surface area contributed by atoms with Crippen LogP contribution in [0.2, 0.25) is 0 Å². The highest BCUT2D eigenvalue weighted by Gasteiger charge is 1.92. The Bertz CT molecular complexity index is 121. The van der Waals surface area contributed by atoms with Gasteiger partial charge < -0.3 is 0 Å². The number of rotatable bonds is 12. The third-order valence-electron chi connectivity index (χ3n) is 2.73. The molecule has 0 unspecified atom stereocenters. The minimum atomic E-state index is 1.26. The molecule has 0 bridgehead atoms. The summed E-state index contributed by atoms with van der Waals surface area (Å²) < 4.78 is 0. The lowest BCUT2D eigenvalue weighted by molar-refractivity contribution is 0.563. The molecule has 0 N–H and O–H groups in total. The normalized spacial score (nSPS) is 10.5. The third-order valence-corrected chi connectivity index (χ3v) is 3.49. The molecule has 0 aliphatic carbocycles. The second kappa shape index (κ2) is 14.1. The molecule has 0 spiro atoms. The fraction of sp³-hybridized carbons (Fsp3) is 0.857. The van der Waals surface area contributed by atoms with E-state index in [0.29, 0.717) is 0 Å². The van der Waals surface area contributed by atoms with Crippen molar-refractivity contribution >= 4 is 11.8 Å². The Balaban J connectivity index is 2.83. The summed E-state index contributed by atoms with van der Waals surface area (Å²) >= 11 is 1.85. The lowest BCUT2D eigenvalue weighted by Crippen LogP contribution is -1.82. The Morgan fingerprint density at radius 1 is 0.800 bits per heavy atom. The Morgan fingerprint density at radius 2 is 1.27 bits per heavy atom. The van der Waals surface area contributed by atoms with Crippen LogP contribution in [0.3, 0.4) is 0 Å². The smallest absolute Gasteiger partial charge is 0.00262 e. The number of hydrogen-bond donors (Lipinski definition) is 0. The van der Waals surface area contributed by atoms with Crippen molar-refractivity contribution in [2.24, 2.45) is 0 Å². The summed E-state index contributed by atoms with van der Waals surface area (Å²) in [5.74, 6) is 1.26. The van der Waals surface area contributed by atoms with Crippen molar-refractivity contribution in [1.29, 1.82) is 0 Å². The molecule has 0 aromatic heterocycles. The summed E-state index contributed by atoms with van der Waals surface area (Å²) in [6.45, 7) is 5.99. The lowest BCUT2D eigenvalue weighted by Gasteiger charge is -2.01. The lowest BCUT2D eigenvalue weighted by atomic mass is 10.1. The fourth-order valence-electron chi connectivity index (χ4n) is 1.76. The van der Waals surface area contributed by atoms with Gasteiger partial charge in [-0.2, -0.15) is 0 Å². The molecule has 0 saturated heterocycles. The molecule has 0 saturated carbocycles. The van der Waals surface area contributed by atoms with Crippen molar-refractivity contribution in [3.05, 3.63) is 12.0 Å². The van der Waals surface area contributed by atoms with Gasteiger partial charge >= 0.3 is 0 Å².